The van der Waals surface area contributed by atoms with E-state index in [1.54, 1.807) is 31.4 Å². The SMILES string of the molecule is COc1ccc(C=CC(=O)NNC(=O)COc2ccc(Br)c(C)c2)cc1. The predicted molar refractivity (Wildman–Crippen MR) is 103 cm³/mol. The van der Waals surface area contributed by atoms with Crippen molar-refractivity contribution < 1.29 is 19.1 Å². The maximum Gasteiger partial charge on any atom is 0.276 e. The molecule has 0 bridgehead atoms. The summed E-state index contributed by atoms with van der Waals surface area (Å²) < 4.78 is 11.4. The quantitative estimate of drug-likeness (QED) is 0.558. The first-order chi connectivity index (χ1) is 12.5. The van der Waals surface area contributed by atoms with Gasteiger partial charge in [-0.1, -0.05) is 28.1 Å². The number of benzene rings is 2. The number of rotatable bonds is 6. The Bertz CT molecular complexity index is 804. The van der Waals surface area contributed by atoms with Gasteiger partial charge in [0, 0.05) is 10.5 Å². The van der Waals surface area contributed by atoms with E-state index in [9.17, 15) is 9.59 Å². The van der Waals surface area contributed by atoms with Crippen LogP contribution in [-0.2, 0) is 9.59 Å². The molecule has 0 spiro atoms. The minimum absolute atomic E-state index is 0.205. The first kappa shape index (κ1) is 19.5. The van der Waals surface area contributed by atoms with Crippen molar-refractivity contribution in [2.45, 2.75) is 6.92 Å². The van der Waals surface area contributed by atoms with Gasteiger partial charge in [-0.15, -0.1) is 0 Å². The molecule has 2 aromatic carbocycles. The number of carbonyl (C=O) groups is 2. The average Bonchev–Trinajstić information content (AvgIpc) is 2.66. The van der Waals surface area contributed by atoms with Crippen LogP contribution in [0.2, 0.25) is 0 Å². The monoisotopic (exact) mass is 418 g/mol. The molecule has 0 heterocycles. The number of carbonyl (C=O) groups excluding carboxylic acids is 2. The number of aryl methyl sites for hydroxylation is 1. The van der Waals surface area contributed by atoms with Crippen LogP contribution in [0.5, 0.6) is 11.5 Å². The molecule has 2 N–H and O–H groups in total. The van der Waals surface area contributed by atoms with Gasteiger partial charge in [-0.3, -0.25) is 20.4 Å². The number of hydrogen-bond donors (Lipinski definition) is 2. The molecule has 2 aromatic rings. The fraction of sp³-hybridized carbons (Fsp3) is 0.158. The first-order valence-electron chi connectivity index (χ1n) is 7.78. The highest BCUT2D eigenvalue weighted by Gasteiger charge is 2.05. The van der Waals surface area contributed by atoms with Gasteiger partial charge in [0.15, 0.2) is 6.61 Å². The van der Waals surface area contributed by atoms with Crippen molar-refractivity contribution in [3.05, 3.63) is 64.1 Å². The Balaban J connectivity index is 1.74. The van der Waals surface area contributed by atoms with Crippen molar-refractivity contribution in [1.82, 2.24) is 10.9 Å². The van der Waals surface area contributed by atoms with Crippen LogP contribution in [0, 0.1) is 6.92 Å². The van der Waals surface area contributed by atoms with Crippen LogP contribution in [0.1, 0.15) is 11.1 Å². The van der Waals surface area contributed by atoms with Crippen molar-refractivity contribution >= 4 is 33.8 Å². The van der Waals surface area contributed by atoms with E-state index in [0.29, 0.717) is 5.75 Å². The Kier molecular flexibility index (Phi) is 7.23. The van der Waals surface area contributed by atoms with Gasteiger partial charge in [0.25, 0.3) is 11.8 Å². The molecular formula is C19H19BrN2O4. The smallest absolute Gasteiger partial charge is 0.276 e. The summed E-state index contributed by atoms with van der Waals surface area (Å²) in [5.41, 5.74) is 6.42. The third-order valence-electron chi connectivity index (χ3n) is 3.37. The number of ether oxygens (including phenoxy) is 2. The van der Waals surface area contributed by atoms with Crippen LogP contribution < -0.4 is 20.3 Å². The Labute approximate surface area is 160 Å². The lowest BCUT2D eigenvalue weighted by Gasteiger charge is -2.08. The van der Waals surface area contributed by atoms with Crippen LogP contribution in [0.15, 0.2) is 53.0 Å². The number of nitrogens with one attached hydrogen (secondary N) is 2. The molecule has 0 aliphatic heterocycles. The van der Waals surface area contributed by atoms with Crippen molar-refractivity contribution in [3.63, 3.8) is 0 Å². The average molecular weight is 419 g/mol. The molecule has 26 heavy (non-hydrogen) atoms. The molecule has 0 atom stereocenters. The summed E-state index contributed by atoms with van der Waals surface area (Å²) in [6.07, 6.45) is 2.95. The Morgan fingerprint density at radius 3 is 2.42 bits per heavy atom. The molecular weight excluding hydrogens is 400 g/mol. The van der Waals surface area contributed by atoms with Crippen LogP contribution in [0.4, 0.5) is 0 Å². The summed E-state index contributed by atoms with van der Waals surface area (Å²) in [5, 5.41) is 0. The van der Waals surface area contributed by atoms with E-state index in [1.165, 1.54) is 6.08 Å². The standard InChI is InChI=1S/C19H19BrN2O4/c1-13-11-16(8-9-17(13)20)26-12-19(24)22-21-18(23)10-5-14-3-6-15(25-2)7-4-14/h3-11H,12H2,1-2H3,(H,21,23)(H,22,24). The van der Waals surface area contributed by atoms with Crippen molar-refractivity contribution in [2.24, 2.45) is 0 Å². The van der Waals surface area contributed by atoms with Crippen molar-refractivity contribution in [2.75, 3.05) is 13.7 Å². The molecule has 7 heteroatoms. The van der Waals surface area contributed by atoms with Gasteiger partial charge in [-0.25, -0.2) is 0 Å². The normalized spacial score (nSPS) is 10.4. The van der Waals surface area contributed by atoms with Gasteiger partial charge in [-0.2, -0.15) is 0 Å². The fourth-order valence-electron chi connectivity index (χ4n) is 1.95. The highest BCUT2D eigenvalue weighted by Crippen LogP contribution is 2.21. The van der Waals surface area contributed by atoms with Crippen molar-refractivity contribution in [3.8, 4) is 11.5 Å². The molecule has 0 saturated carbocycles. The van der Waals surface area contributed by atoms with E-state index in [-0.39, 0.29) is 6.61 Å². The number of hydrazine groups is 1. The van der Waals surface area contributed by atoms with Gasteiger partial charge in [0.2, 0.25) is 0 Å². The zero-order valence-corrected chi connectivity index (χ0v) is 16.0. The van der Waals surface area contributed by atoms with Crippen LogP contribution in [-0.4, -0.2) is 25.5 Å². The molecule has 0 aliphatic rings. The van der Waals surface area contributed by atoms with E-state index < -0.39 is 11.8 Å². The third-order valence-corrected chi connectivity index (χ3v) is 4.26. The number of hydrogen-bond acceptors (Lipinski definition) is 4. The number of methoxy groups -OCH3 is 1. The van der Waals surface area contributed by atoms with Gasteiger partial charge in [0.1, 0.15) is 11.5 Å². The lowest BCUT2D eigenvalue weighted by atomic mass is 10.2. The summed E-state index contributed by atoms with van der Waals surface area (Å²) in [6, 6.07) is 12.6. The second-order valence-electron chi connectivity index (χ2n) is 5.34. The molecule has 0 unspecified atom stereocenters. The zero-order valence-electron chi connectivity index (χ0n) is 14.4. The van der Waals surface area contributed by atoms with E-state index in [0.717, 1.165) is 21.3 Å². The second-order valence-corrected chi connectivity index (χ2v) is 6.20. The molecule has 2 rings (SSSR count). The van der Waals surface area contributed by atoms with E-state index >= 15 is 0 Å². The highest BCUT2D eigenvalue weighted by atomic mass is 79.9. The Morgan fingerprint density at radius 2 is 1.77 bits per heavy atom. The van der Waals surface area contributed by atoms with Gasteiger partial charge >= 0.3 is 0 Å². The number of halogens is 1. The van der Waals surface area contributed by atoms with Crippen LogP contribution in [0.25, 0.3) is 6.08 Å². The first-order valence-corrected chi connectivity index (χ1v) is 8.57. The summed E-state index contributed by atoms with van der Waals surface area (Å²) in [5.74, 6) is 0.400. The second kappa shape index (κ2) is 9.62. The predicted octanol–water partition coefficient (Wildman–Crippen LogP) is 3.01. The van der Waals surface area contributed by atoms with Gasteiger partial charge in [-0.05, 0) is 54.5 Å². The molecule has 0 radical (unpaired) electrons. The molecule has 0 aromatic heterocycles. The molecule has 0 aliphatic carbocycles. The Morgan fingerprint density at radius 1 is 1.08 bits per heavy atom. The summed E-state index contributed by atoms with van der Waals surface area (Å²) in [7, 11) is 1.59. The lowest BCUT2D eigenvalue weighted by molar-refractivity contribution is -0.128. The van der Waals surface area contributed by atoms with E-state index in [2.05, 4.69) is 26.8 Å². The molecule has 0 fully saturated rings. The third kappa shape index (κ3) is 6.25. The molecule has 6 nitrogen and oxygen atoms in total. The fourth-order valence-corrected chi connectivity index (χ4v) is 2.20. The molecule has 136 valence electrons. The minimum atomic E-state index is -0.461. The molecule has 2 amide bonds. The van der Waals surface area contributed by atoms with E-state index in [1.807, 2.05) is 31.2 Å². The van der Waals surface area contributed by atoms with E-state index in [4.69, 9.17) is 9.47 Å². The highest BCUT2D eigenvalue weighted by molar-refractivity contribution is 9.10. The lowest BCUT2D eigenvalue weighted by Crippen LogP contribution is -2.43. The maximum atomic E-state index is 11.7. The van der Waals surface area contributed by atoms with Crippen LogP contribution >= 0.6 is 15.9 Å². The zero-order chi connectivity index (χ0) is 18.9. The summed E-state index contributed by atoms with van der Waals surface area (Å²) in [6.45, 7) is 1.72. The maximum absolute atomic E-state index is 11.7. The van der Waals surface area contributed by atoms with Gasteiger partial charge in [0.05, 0.1) is 7.11 Å². The minimum Gasteiger partial charge on any atom is -0.497 e. The van der Waals surface area contributed by atoms with Crippen LogP contribution in [0.3, 0.4) is 0 Å². The molecule has 0 saturated heterocycles. The van der Waals surface area contributed by atoms with Gasteiger partial charge < -0.3 is 9.47 Å². The van der Waals surface area contributed by atoms with Crippen molar-refractivity contribution in [1.29, 1.82) is 0 Å². The summed E-state index contributed by atoms with van der Waals surface area (Å²) in [4.78, 5) is 23.4. The summed E-state index contributed by atoms with van der Waals surface area (Å²) >= 11 is 3.39. The Hall–Kier alpha value is -2.80. The largest absolute Gasteiger partial charge is 0.497 e. The topological polar surface area (TPSA) is 76.7 Å². The number of amides is 2.